The van der Waals surface area contributed by atoms with Crippen LogP contribution >= 0.6 is 23.2 Å². The van der Waals surface area contributed by atoms with Gasteiger partial charge in [-0.15, -0.1) is 0 Å². The molecule has 28 heavy (non-hydrogen) atoms. The molecule has 2 fully saturated rings. The second-order valence-corrected chi connectivity index (χ2v) is 8.18. The molecule has 1 aromatic heterocycles. The second kappa shape index (κ2) is 8.64. The topological polar surface area (TPSA) is 89.5 Å². The van der Waals surface area contributed by atoms with Crippen molar-refractivity contribution in [3.8, 4) is 0 Å². The van der Waals surface area contributed by atoms with Crippen molar-refractivity contribution >= 4 is 45.2 Å². The molecule has 4 rings (SSSR count). The largest absolute Gasteiger partial charge is 0.402 e. The van der Waals surface area contributed by atoms with Gasteiger partial charge in [0.15, 0.2) is 16.4 Å². The summed E-state index contributed by atoms with van der Waals surface area (Å²) in [5.74, 6) is 1.02. The Labute approximate surface area is 174 Å². The van der Waals surface area contributed by atoms with E-state index in [9.17, 15) is 0 Å². The van der Waals surface area contributed by atoms with Crippen LogP contribution in [0.2, 0.25) is 5.02 Å². The fourth-order valence-electron chi connectivity index (χ4n) is 3.65. The van der Waals surface area contributed by atoms with Gasteiger partial charge in [0.2, 0.25) is 0 Å². The van der Waals surface area contributed by atoms with E-state index in [0.29, 0.717) is 28.8 Å². The number of nitrogens with one attached hydrogen (secondary N) is 3. The number of H-pyrrole nitrogens is 1. The molecule has 2 aliphatic rings. The Bertz CT molecular complexity index is 916. The van der Waals surface area contributed by atoms with Gasteiger partial charge in [-0.25, -0.2) is 10.3 Å². The van der Waals surface area contributed by atoms with Crippen molar-refractivity contribution in [2.24, 2.45) is 10.7 Å². The number of allylic oxidation sites excluding steroid dienone is 1. The van der Waals surface area contributed by atoms with Gasteiger partial charge in [-0.1, -0.05) is 28.2 Å². The van der Waals surface area contributed by atoms with Crippen LogP contribution in [0, 0.1) is 0 Å². The van der Waals surface area contributed by atoms with Crippen LogP contribution in [-0.2, 0) is 0 Å². The molecule has 8 heteroatoms. The van der Waals surface area contributed by atoms with Crippen molar-refractivity contribution in [1.29, 1.82) is 0 Å². The highest BCUT2D eigenvalue weighted by Crippen LogP contribution is 2.33. The smallest absolute Gasteiger partial charge is 0.394 e. The molecule has 0 spiro atoms. The molecule has 1 aromatic carbocycles. The zero-order valence-electron chi connectivity index (χ0n) is 15.6. The van der Waals surface area contributed by atoms with Crippen LogP contribution < -0.4 is 21.4 Å². The van der Waals surface area contributed by atoms with Crippen molar-refractivity contribution in [3.05, 3.63) is 40.8 Å². The first kappa shape index (κ1) is 19.4. The maximum atomic E-state index is 6.56. The van der Waals surface area contributed by atoms with Gasteiger partial charge in [0.1, 0.15) is 0 Å². The molecule has 1 aliphatic carbocycles. The van der Waals surface area contributed by atoms with Crippen molar-refractivity contribution in [3.63, 3.8) is 0 Å². The summed E-state index contributed by atoms with van der Waals surface area (Å²) in [6.07, 6.45) is 8.84. The summed E-state index contributed by atoms with van der Waals surface area (Å²) >= 11 is 12.9. The van der Waals surface area contributed by atoms with Gasteiger partial charge in [-0.2, -0.15) is 0 Å². The quantitative estimate of drug-likeness (QED) is 0.646. The van der Waals surface area contributed by atoms with E-state index in [0.717, 1.165) is 54.7 Å². The molecule has 6 nitrogen and oxygen atoms in total. The molecule has 148 valence electrons. The highest BCUT2D eigenvalue weighted by Gasteiger charge is 2.22. The molecule has 0 radical (unpaired) electrons. The third kappa shape index (κ3) is 4.24. The zero-order chi connectivity index (χ0) is 19.5. The average molecular weight is 420 g/mol. The van der Waals surface area contributed by atoms with Crippen molar-refractivity contribution in [2.45, 2.75) is 44.1 Å². The molecule has 5 N–H and O–H groups in total. The van der Waals surface area contributed by atoms with Gasteiger partial charge in [0.05, 0.1) is 12.2 Å². The van der Waals surface area contributed by atoms with Gasteiger partial charge in [-0.3, -0.25) is 4.99 Å². The van der Waals surface area contributed by atoms with Gasteiger partial charge >= 0.3 is 5.95 Å². The number of benzene rings is 1. The SMILES string of the molecule is N/C=C(/Nc1nc2cc(C3CCNCC3)c(Cl)cc2c[nH+]1)C(Cl)=NC1CCC1. The lowest BCUT2D eigenvalue weighted by atomic mass is 9.89. The number of nitrogens with two attached hydrogens (primary N) is 1. The van der Waals surface area contributed by atoms with Crippen LogP contribution in [0.15, 0.2) is 35.2 Å². The number of rotatable bonds is 5. The number of hydrogen-bond donors (Lipinski definition) is 3. The number of anilines is 1. The van der Waals surface area contributed by atoms with Crippen LogP contribution in [0.4, 0.5) is 5.95 Å². The molecule has 1 saturated heterocycles. The van der Waals surface area contributed by atoms with E-state index in [1.807, 2.05) is 12.3 Å². The molecule has 0 unspecified atom stereocenters. The van der Waals surface area contributed by atoms with Crippen LogP contribution in [0.3, 0.4) is 0 Å². The number of aliphatic imine (C=N–C) groups is 1. The van der Waals surface area contributed by atoms with E-state index in [2.05, 4.69) is 26.7 Å². The summed E-state index contributed by atoms with van der Waals surface area (Å²) in [4.78, 5) is 12.3. The summed E-state index contributed by atoms with van der Waals surface area (Å²) in [5.41, 5.74) is 8.35. The van der Waals surface area contributed by atoms with Gasteiger partial charge < -0.3 is 11.1 Å². The van der Waals surface area contributed by atoms with Gasteiger partial charge in [-0.05, 0) is 68.8 Å². The lowest BCUT2D eigenvalue weighted by Gasteiger charge is -2.23. The normalized spacial score (nSPS) is 19.6. The van der Waals surface area contributed by atoms with E-state index in [-0.39, 0.29) is 0 Å². The predicted molar refractivity (Wildman–Crippen MR) is 115 cm³/mol. The Balaban J connectivity index is 1.59. The molecule has 2 aromatic rings. The Morgan fingerprint density at radius 1 is 1.29 bits per heavy atom. The van der Waals surface area contributed by atoms with Crippen LogP contribution in [0.1, 0.15) is 43.6 Å². The minimum absolute atomic E-state index is 0.299. The highest BCUT2D eigenvalue weighted by molar-refractivity contribution is 6.69. The zero-order valence-corrected chi connectivity index (χ0v) is 17.2. The number of halogens is 2. The molecule has 2 heterocycles. The van der Waals surface area contributed by atoms with E-state index in [1.165, 1.54) is 18.2 Å². The summed E-state index contributed by atoms with van der Waals surface area (Å²) in [6, 6.07) is 4.38. The maximum Gasteiger partial charge on any atom is 0.394 e. The molecular weight excluding hydrogens is 395 g/mol. The molecule has 0 atom stereocenters. The summed E-state index contributed by atoms with van der Waals surface area (Å²) in [5, 5.41) is 8.69. The van der Waals surface area contributed by atoms with Gasteiger partial charge in [0.25, 0.3) is 0 Å². The summed E-state index contributed by atoms with van der Waals surface area (Å²) in [6.45, 7) is 2.04. The third-order valence-corrected chi connectivity index (χ3v) is 6.16. The Kier molecular flexibility index (Phi) is 5.99. The second-order valence-electron chi connectivity index (χ2n) is 7.42. The molecule has 0 bridgehead atoms. The van der Waals surface area contributed by atoms with E-state index >= 15 is 0 Å². The van der Waals surface area contributed by atoms with E-state index in [4.69, 9.17) is 33.9 Å². The first-order valence-corrected chi connectivity index (χ1v) is 10.5. The first-order chi connectivity index (χ1) is 13.6. The fourth-order valence-corrected chi connectivity index (χ4v) is 4.22. The van der Waals surface area contributed by atoms with E-state index in [1.54, 1.807) is 0 Å². The molecular formula is C20H25Cl2N6+. The minimum atomic E-state index is 0.299. The number of fused-ring (bicyclic) bond motifs is 1. The molecule has 1 aliphatic heterocycles. The molecule has 0 amide bonds. The standard InChI is InChI=1S/C20H24Cl2N6/c21-16-8-13-11-25-20(28-18(10-23)19(22)26-14-2-1-3-14)27-17(13)9-15(16)12-4-6-24-7-5-12/h8-12,14,24H,1-7,23H2,(H,25,27,28)/p+1/b18-10+,26-19?. The number of aromatic nitrogens is 2. The van der Waals surface area contributed by atoms with Crippen molar-refractivity contribution in [2.75, 3.05) is 18.4 Å². The van der Waals surface area contributed by atoms with Crippen LogP contribution in [0.25, 0.3) is 10.9 Å². The Hall–Kier alpha value is -1.89. The first-order valence-electron chi connectivity index (χ1n) is 9.79. The highest BCUT2D eigenvalue weighted by atomic mass is 35.5. The fraction of sp³-hybridized carbons (Fsp3) is 0.450. The number of nitrogens with zero attached hydrogens (tertiary/aromatic N) is 2. The van der Waals surface area contributed by atoms with Crippen LogP contribution in [0.5, 0.6) is 0 Å². The van der Waals surface area contributed by atoms with Crippen molar-refractivity contribution in [1.82, 2.24) is 10.3 Å². The predicted octanol–water partition coefficient (Wildman–Crippen LogP) is 3.57. The Morgan fingerprint density at radius 3 is 2.75 bits per heavy atom. The minimum Gasteiger partial charge on any atom is -0.402 e. The number of hydrogen-bond acceptors (Lipinski definition) is 5. The number of piperidine rings is 1. The van der Waals surface area contributed by atoms with Crippen LogP contribution in [-0.4, -0.2) is 29.3 Å². The lowest BCUT2D eigenvalue weighted by molar-refractivity contribution is -0.362. The summed E-state index contributed by atoms with van der Waals surface area (Å²) in [7, 11) is 0. The van der Waals surface area contributed by atoms with Crippen molar-refractivity contribution < 1.29 is 4.98 Å². The number of aromatic amines is 1. The van der Waals surface area contributed by atoms with E-state index < -0.39 is 0 Å². The summed E-state index contributed by atoms with van der Waals surface area (Å²) < 4.78 is 0. The maximum absolute atomic E-state index is 6.56. The molecule has 1 saturated carbocycles. The average Bonchev–Trinajstić information content (AvgIpc) is 2.69. The Morgan fingerprint density at radius 2 is 2.07 bits per heavy atom. The monoisotopic (exact) mass is 419 g/mol. The van der Waals surface area contributed by atoms with Gasteiger partial charge in [0, 0.05) is 16.6 Å². The third-order valence-electron chi connectivity index (χ3n) is 5.53. The lowest BCUT2D eigenvalue weighted by Crippen LogP contribution is -2.26.